The van der Waals surface area contributed by atoms with Gasteiger partial charge in [-0.15, -0.1) is 0 Å². The number of rotatable bonds is 4. The molecule has 0 heterocycles. The number of amides is 1. The molecule has 110 valence electrons. The molecule has 3 heteroatoms. The van der Waals surface area contributed by atoms with E-state index in [2.05, 4.69) is 35.1 Å². The van der Waals surface area contributed by atoms with Gasteiger partial charge in [-0.25, -0.2) is 0 Å². The van der Waals surface area contributed by atoms with Crippen LogP contribution in [-0.4, -0.2) is 11.9 Å². The van der Waals surface area contributed by atoms with Gasteiger partial charge >= 0.3 is 0 Å². The second kappa shape index (κ2) is 7.26. The lowest BCUT2D eigenvalue weighted by Gasteiger charge is -2.34. The van der Waals surface area contributed by atoms with Crippen molar-refractivity contribution < 1.29 is 4.79 Å². The summed E-state index contributed by atoms with van der Waals surface area (Å²) in [5.74, 6) is 1.33. The van der Waals surface area contributed by atoms with Crippen LogP contribution in [0.15, 0.2) is 24.3 Å². The average molecular weight is 338 g/mol. The van der Waals surface area contributed by atoms with Crippen LogP contribution in [0.2, 0.25) is 0 Å². The van der Waals surface area contributed by atoms with Gasteiger partial charge in [0.15, 0.2) is 0 Å². The van der Waals surface area contributed by atoms with E-state index < -0.39 is 0 Å². The van der Waals surface area contributed by atoms with Gasteiger partial charge in [0.2, 0.25) is 0 Å². The lowest BCUT2D eigenvalue weighted by molar-refractivity contribution is 0.0889. The summed E-state index contributed by atoms with van der Waals surface area (Å²) < 4.78 is 0. The molecule has 1 fully saturated rings. The second-order valence-electron chi connectivity index (χ2n) is 6.10. The number of halogens is 1. The van der Waals surface area contributed by atoms with Crippen molar-refractivity contribution in [3.63, 3.8) is 0 Å². The molecule has 2 nitrogen and oxygen atoms in total. The Morgan fingerprint density at radius 1 is 1.25 bits per heavy atom. The zero-order chi connectivity index (χ0) is 14.5. The third-order valence-corrected chi connectivity index (χ3v) is 5.01. The Kier molecular flexibility index (Phi) is 5.64. The van der Waals surface area contributed by atoms with Gasteiger partial charge in [0, 0.05) is 16.9 Å². The predicted molar refractivity (Wildman–Crippen MR) is 87.1 cm³/mol. The Bertz CT molecular complexity index is 441. The summed E-state index contributed by atoms with van der Waals surface area (Å²) in [6.45, 7) is 4.53. The summed E-state index contributed by atoms with van der Waals surface area (Å²) in [5.41, 5.74) is 1.96. The fourth-order valence-corrected chi connectivity index (χ4v) is 3.51. The molecule has 1 saturated carbocycles. The van der Waals surface area contributed by atoms with Crippen LogP contribution in [0.3, 0.4) is 0 Å². The molecule has 1 N–H and O–H groups in total. The Labute approximate surface area is 130 Å². The maximum atomic E-state index is 12.4. The minimum Gasteiger partial charge on any atom is -0.349 e. The molecule has 2 rings (SSSR count). The van der Waals surface area contributed by atoms with Crippen LogP contribution in [0.4, 0.5) is 0 Å². The molecule has 1 aliphatic rings. The molecule has 0 saturated heterocycles. The summed E-state index contributed by atoms with van der Waals surface area (Å²) in [7, 11) is 0. The quantitative estimate of drug-likeness (QED) is 0.803. The van der Waals surface area contributed by atoms with Crippen LogP contribution in [0.5, 0.6) is 0 Å². The van der Waals surface area contributed by atoms with Gasteiger partial charge in [-0.05, 0) is 42.4 Å². The van der Waals surface area contributed by atoms with Gasteiger partial charge in [-0.3, -0.25) is 4.79 Å². The minimum absolute atomic E-state index is 0.0728. The van der Waals surface area contributed by atoms with Crippen LogP contribution < -0.4 is 5.32 Å². The highest BCUT2D eigenvalue weighted by Crippen LogP contribution is 2.30. The van der Waals surface area contributed by atoms with E-state index in [0.29, 0.717) is 17.9 Å². The van der Waals surface area contributed by atoms with E-state index in [4.69, 9.17) is 0 Å². The fourth-order valence-electron chi connectivity index (χ4n) is 3.13. The molecule has 1 aromatic carbocycles. The molecule has 1 amide bonds. The lowest BCUT2D eigenvalue weighted by atomic mass is 9.78. The first kappa shape index (κ1) is 15.6. The van der Waals surface area contributed by atoms with Crippen molar-refractivity contribution in [1.29, 1.82) is 0 Å². The maximum Gasteiger partial charge on any atom is 0.251 e. The first-order valence-corrected chi connectivity index (χ1v) is 8.69. The number of carbonyl (C=O) groups excluding carboxylic acids is 1. The van der Waals surface area contributed by atoms with E-state index >= 15 is 0 Å². The van der Waals surface area contributed by atoms with Crippen LogP contribution in [-0.2, 0) is 5.33 Å². The Morgan fingerprint density at radius 3 is 2.50 bits per heavy atom. The molecule has 1 aromatic rings. The van der Waals surface area contributed by atoms with Crippen LogP contribution in [0, 0.1) is 11.8 Å². The standard InChI is InChI=1S/C17H24BrNO/c1-12(2)15-5-3-4-6-16(15)19-17(20)14-9-7-13(11-18)8-10-14/h7-10,12,15-16H,3-6,11H2,1-2H3,(H,19,20). The highest BCUT2D eigenvalue weighted by Gasteiger charge is 2.28. The average Bonchev–Trinajstić information content (AvgIpc) is 2.47. The lowest BCUT2D eigenvalue weighted by Crippen LogP contribution is -2.43. The van der Waals surface area contributed by atoms with Crippen molar-refractivity contribution in [3.8, 4) is 0 Å². The van der Waals surface area contributed by atoms with Crippen LogP contribution in [0.25, 0.3) is 0 Å². The summed E-state index contributed by atoms with van der Waals surface area (Å²) in [4.78, 5) is 12.4. The third kappa shape index (κ3) is 3.85. The molecule has 0 aromatic heterocycles. The second-order valence-corrected chi connectivity index (χ2v) is 6.66. The van der Waals surface area contributed by atoms with E-state index in [9.17, 15) is 4.79 Å². The molecular formula is C17H24BrNO. The highest BCUT2D eigenvalue weighted by atomic mass is 79.9. The number of benzene rings is 1. The summed E-state index contributed by atoms with van der Waals surface area (Å²) in [5, 5.41) is 4.08. The van der Waals surface area contributed by atoms with E-state index in [0.717, 1.165) is 17.3 Å². The number of carbonyl (C=O) groups is 1. The normalized spacial score (nSPS) is 22.8. The van der Waals surface area contributed by atoms with Crippen molar-refractivity contribution >= 4 is 21.8 Å². The molecule has 2 unspecified atom stereocenters. The first-order valence-electron chi connectivity index (χ1n) is 7.57. The minimum atomic E-state index is 0.0728. The van der Waals surface area contributed by atoms with E-state index in [1.54, 1.807) is 0 Å². The topological polar surface area (TPSA) is 29.1 Å². The van der Waals surface area contributed by atoms with Crippen LogP contribution in [0.1, 0.15) is 55.5 Å². The molecule has 0 radical (unpaired) electrons. The molecule has 0 bridgehead atoms. The van der Waals surface area contributed by atoms with Crippen molar-refractivity contribution in [2.45, 2.75) is 50.9 Å². The van der Waals surface area contributed by atoms with Gasteiger partial charge < -0.3 is 5.32 Å². The largest absolute Gasteiger partial charge is 0.349 e. The van der Waals surface area contributed by atoms with E-state index in [1.807, 2.05) is 24.3 Å². The van der Waals surface area contributed by atoms with Gasteiger partial charge in [-0.1, -0.05) is 54.8 Å². The molecular weight excluding hydrogens is 314 g/mol. The molecule has 2 atom stereocenters. The number of alkyl halides is 1. The highest BCUT2D eigenvalue weighted by molar-refractivity contribution is 9.08. The zero-order valence-corrected chi connectivity index (χ0v) is 13.9. The number of hydrogen-bond acceptors (Lipinski definition) is 1. The maximum absolute atomic E-state index is 12.4. The van der Waals surface area contributed by atoms with Gasteiger partial charge in [0.05, 0.1) is 0 Å². The smallest absolute Gasteiger partial charge is 0.251 e. The Balaban J connectivity index is 2.01. The molecule has 0 aliphatic heterocycles. The molecule has 1 aliphatic carbocycles. The van der Waals surface area contributed by atoms with Crippen molar-refractivity contribution in [3.05, 3.63) is 35.4 Å². The van der Waals surface area contributed by atoms with E-state index in [-0.39, 0.29) is 5.91 Å². The zero-order valence-electron chi connectivity index (χ0n) is 12.4. The fraction of sp³-hybridized carbons (Fsp3) is 0.588. The summed E-state index contributed by atoms with van der Waals surface area (Å²) >= 11 is 3.42. The number of hydrogen-bond donors (Lipinski definition) is 1. The van der Waals surface area contributed by atoms with E-state index in [1.165, 1.54) is 24.8 Å². The van der Waals surface area contributed by atoms with Gasteiger partial charge in [-0.2, -0.15) is 0 Å². The Morgan fingerprint density at radius 2 is 1.90 bits per heavy atom. The van der Waals surface area contributed by atoms with Gasteiger partial charge in [0.1, 0.15) is 0 Å². The van der Waals surface area contributed by atoms with Crippen LogP contribution >= 0.6 is 15.9 Å². The first-order chi connectivity index (χ1) is 9.61. The van der Waals surface area contributed by atoms with Crippen molar-refractivity contribution in [2.75, 3.05) is 0 Å². The SMILES string of the molecule is CC(C)C1CCCCC1NC(=O)c1ccc(CBr)cc1. The van der Waals surface area contributed by atoms with Crippen molar-refractivity contribution in [2.24, 2.45) is 11.8 Å². The van der Waals surface area contributed by atoms with Crippen molar-refractivity contribution in [1.82, 2.24) is 5.32 Å². The molecule has 20 heavy (non-hydrogen) atoms. The third-order valence-electron chi connectivity index (χ3n) is 4.36. The molecule has 0 spiro atoms. The summed E-state index contributed by atoms with van der Waals surface area (Å²) in [6.07, 6.45) is 4.89. The van der Waals surface area contributed by atoms with Gasteiger partial charge in [0.25, 0.3) is 5.91 Å². The summed E-state index contributed by atoms with van der Waals surface area (Å²) in [6, 6.07) is 8.18. The Hall–Kier alpha value is -0.830. The predicted octanol–water partition coefficient (Wildman–Crippen LogP) is 4.53. The monoisotopic (exact) mass is 337 g/mol. The number of nitrogens with one attached hydrogen (secondary N) is 1.